The van der Waals surface area contributed by atoms with Crippen molar-refractivity contribution in [3.05, 3.63) is 40.1 Å². The van der Waals surface area contributed by atoms with Crippen molar-refractivity contribution in [3.8, 4) is 0 Å². The van der Waals surface area contributed by atoms with Crippen LogP contribution in [0.4, 0.5) is 17.3 Å². The van der Waals surface area contributed by atoms with E-state index in [4.69, 9.17) is 5.73 Å². The Morgan fingerprint density at radius 1 is 1.24 bits per heavy atom. The maximum Gasteiger partial charge on any atom is 0.136 e. The van der Waals surface area contributed by atoms with E-state index >= 15 is 0 Å². The highest BCUT2D eigenvalue weighted by Crippen LogP contribution is 2.26. The van der Waals surface area contributed by atoms with Crippen LogP contribution < -0.4 is 11.1 Å². The molecule has 0 bridgehead atoms. The molecule has 1 aromatic carbocycles. The summed E-state index contributed by atoms with van der Waals surface area (Å²) >= 11 is 3.49. The summed E-state index contributed by atoms with van der Waals surface area (Å²) in [6, 6.07) is 7.68. The van der Waals surface area contributed by atoms with E-state index in [1.54, 1.807) is 6.07 Å². The molecule has 0 amide bonds. The minimum atomic E-state index is 0.465. The van der Waals surface area contributed by atoms with E-state index in [1.165, 1.54) is 0 Å². The number of nitrogen functional groups attached to an aromatic ring is 1. The monoisotopic (exact) mass is 292 g/mol. The molecule has 5 heteroatoms. The van der Waals surface area contributed by atoms with Gasteiger partial charge in [-0.05, 0) is 31.5 Å². The average Bonchev–Trinajstić information content (AvgIpc) is 2.23. The smallest absolute Gasteiger partial charge is 0.136 e. The number of hydrogen-bond acceptors (Lipinski definition) is 4. The minimum absolute atomic E-state index is 0.465. The highest BCUT2D eigenvalue weighted by atomic mass is 79.9. The number of benzene rings is 1. The zero-order valence-corrected chi connectivity index (χ0v) is 11.2. The van der Waals surface area contributed by atoms with Gasteiger partial charge in [0, 0.05) is 16.2 Å². The van der Waals surface area contributed by atoms with Gasteiger partial charge in [0.15, 0.2) is 0 Å². The van der Waals surface area contributed by atoms with Gasteiger partial charge >= 0.3 is 0 Å². The van der Waals surface area contributed by atoms with Crippen molar-refractivity contribution >= 4 is 33.3 Å². The van der Waals surface area contributed by atoms with Crippen LogP contribution in [0.2, 0.25) is 0 Å². The molecule has 0 atom stereocenters. The molecule has 0 spiro atoms. The van der Waals surface area contributed by atoms with Crippen LogP contribution in [-0.2, 0) is 0 Å². The standard InChI is InChI=1S/C12H13BrN4/c1-7-9(13)4-3-5-10(7)17-12-6-11(14)15-8(2)16-12/h3-6H,1-2H3,(H3,14,15,16,17). The van der Waals surface area contributed by atoms with E-state index in [-0.39, 0.29) is 0 Å². The Morgan fingerprint density at radius 2 is 2.00 bits per heavy atom. The second kappa shape index (κ2) is 4.71. The van der Waals surface area contributed by atoms with Gasteiger partial charge in [0.1, 0.15) is 17.5 Å². The van der Waals surface area contributed by atoms with Gasteiger partial charge in [-0.2, -0.15) is 0 Å². The molecule has 1 aromatic heterocycles. The van der Waals surface area contributed by atoms with E-state index in [0.717, 1.165) is 15.7 Å². The summed E-state index contributed by atoms with van der Waals surface area (Å²) in [4.78, 5) is 8.32. The summed E-state index contributed by atoms with van der Waals surface area (Å²) in [6.45, 7) is 3.85. The molecule has 0 fully saturated rings. The van der Waals surface area contributed by atoms with Gasteiger partial charge in [-0.1, -0.05) is 22.0 Å². The fraction of sp³-hybridized carbons (Fsp3) is 0.167. The SMILES string of the molecule is Cc1nc(N)cc(Nc2cccc(Br)c2C)n1. The van der Waals surface area contributed by atoms with Crippen molar-refractivity contribution in [2.24, 2.45) is 0 Å². The summed E-state index contributed by atoms with van der Waals surface area (Å²) in [7, 11) is 0. The summed E-state index contributed by atoms with van der Waals surface area (Å²) < 4.78 is 1.06. The molecule has 3 N–H and O–H groups in total. The number of aromatic nitrogens is 2. The van der Waals surface area contributed by atoms with Crippen molar-refractivity contribution in [1.29, 1.82) is 0 Å². The van der Waals surface area contributed by atoms with Gasteiger partial charge in [0.2, 0.25) is 0 Å². The van der Waals surface area contributed by atoms with Crippen molar-refractivity contribution < 1.29 is 0 Å². The van der Waals surface area contributed by atoms with Gasteiger partial charge in [0.05, 0.1) is 0 Å². The second-order valence-corrected chi connectivity index (χ2v) is 4.62. The Labute approximate surface area is 108 Å². The molecule has 4 nitrogen and oxygen atoms in total. The topological polar surface area (TPSA) is 63.8 Å². The number of nitrogens with two attached hydrogens (primary N) is 1. The Bertz CT molecular complexity index is 534. The fourth-order valence-electron chi connectivity index (χ4n) is 1.54. The van der Waals surface area contributed by atoms with Crippen LogP contribution in [0.25, 0.3) is 0 Å². The zero-order chi connectivity index (χ0) is 12.4. The number of aryl methyl sites for hydroxylation is 1. The normalized spacial score (nSPS) is 10.3. The van der Waals surface area contributed by atoms with Crippen LogP contribution in [0, 0.1) is 13.8 Å². The largest absolute Gasteiger partial charge is 0.384 e. The summed E-state index contributed by atoms with van der Waals surface area (Å²) in [5, 5.41) is 3.23. The van der Waals surface area contributed by atoms with E-state index in [9.17, 15) is 0 Å². The second-order valence-electron chi connectivity index (χ2n) is 3.76. The molecule has 0 saturated heterocycles. The third-order valence-electron chi connectivity index (χ3n) is 2.39. The van der Waals surface area contributed by atoms with Crippen molar-refractivity contribution in [2.45, 2.75) is 13.8 Å². The Hall–Kier alpha value is -1.62. The third kappa shape index (κ3) is 2.74. The van der Waals surface area contributed by atoms with Crippen LogP contribution in [0.3, 0.4) is 0 Å². The van der Waals surface area contributed by atoms with E-state index in [2.05, 4.69) is 31.2 Å². The maximum absolute atomic E-state index is 5.68. The Balaban J connectivity index is 2.34. The summed E-state index contributed by atoms with van der Waals surface area (Å²) in [6.07, 6.45) is 0. The van der Waals surface area contributed by atoms with E-state index < -0.39 is 0 Å². The molecule has 0 unspecified atom stereocenters. The number of halogens is 1. The van der Waals surface area contributed by atoms with Crippen LogP contribution in [0.5, 0.6) is 0 Å². The Morgan fingerprint density at radius 3 is 2.71 bits per heavy atom. The molecule has 2 aromatic rings. The maximum atomic E-state index is 5.68. The minimum Gasteiger partial charge on any atom is -0.384 e. The van der Waals surface area contributed by atoms with Gasteiger partial charge in [-0.25, -0.2) is 9.97 Å². The van der Waals surface area contributed by atoms with Crippen molar-refractivity contribution in [1.82, 2.24) is 9.97 Å². The third-order valence-corrected chi connectivity index (χ3v) is 3.25. The first-order chi connectivity index (χ1) is 8.06. The lowest BCUT2D eigenvalue weighted by Gasteiger charge is -2.10. The molecule has 0 aliphatic heterocycles. The van der Waals surface area contributed by atoms with Crippen molar-refractivity contribution in [2.75, 3.05) is 11.1 Å². The molecule has 0 aliphatic carbocycles. The lowest BCUT2D eigenvalue weighted by atomic mass is 10.2. The van der Waals surface area contributed by atoms with Crippen LogP contribution >= 0.6 is 15.9 Å². The predicted octanol–water partition coefficient (Wildman–Crippen LogP) is 3.18. The zero-order valence-electron chi connectivity index (χ0n) is 9.66. The highest BCUT2D eigenvalue weighted by molar-refractivity contribution is 9.10. The number of rotatable bonds is 2. The average molecular weight is 293 g/mol. The molecular formula is C12H13BrN4. The molecule has 17 heavy (non-hydrogen) atoms. The summed E-state index contributed by atoms with van der Waals surface area (Å²) in [5.41, 5.74) is 7.80. The molecule has 2 rings (SSSR count). The lowest BCUT2D eigenvalue weighted by molar-refractivity contribution is 1.06. The number of nitrogens with zero attached hydrogens (tertiary/aromatic N) is 2. The van der Waals surface area contributed by atoms with E-state index in [0.29, 0.717) is 17.5 Å². The molecular weight excluding hydrogens is 280 g/mol. The van der Waals surface area contributed by atoms with Crippen molar-refractivity contribution in [3.63, 3.8) is 0 Å². The number of nitrogens with one attached hydrogen (secondary N) is 1. The molecule has 0 aliphatic rings. The molecule has 88 valence electrons. The first-order valence-electron chi connectivity index (χ1n) is 5.19. The number of hydrogen-bond donors (Lipinski definition) is 2. The fourth-order valence-corrected chi connectivity index (χ4v) is 1.90. The first kappa shape index (κ1) is 11.9. The first-order valence-corrected chi connectivity index (χ1v) is 5.99. The van der Waals surface area contributed by atoms with E-state index in [1.807, 2.05) is 32.0 Å². The Kier molecular flexibility index (Phi) is 3.28. The summed E-state index contributed by atoms with van der Waals surface area (Å²) in [5.74, 6) is 1.82. The number of anilines is 3. The highest BCUT2D eigenvalue weighted by Gasteiger charge is 2.04. The van der Waals surface area contributed by atoms with Crippen LogP contribution in [-0.4, -0.2) is 9.97 Å². The molecule has 0 saturated carbocycles. The van der Waals surface area contributed by atoms with Gasteiger partial charge in [-0.3, -0.25) is 0 Å². The molecule has 0 radical (unpaired) electrons. The quantitative estimate of drug-likeness (QED) is 0.892. The van der Waals surface area contributed by atoms with Crippen LogP contribution in [0.1, 0.15) is 11.4 Å². The van der Waals surface area contributed by atoms with Gasteiger partial charge < -0.3 is 11.1 Å². The predicted molar refractivity (Wildman–Crippen MR) is 73.3 cm³/mol. The van der Waals surface area contributed by atoms with Gasteiger partial charge in [-0.15, -0.1) is 0 Å². The molecule has 1 heterocycles. The van der Waals surface area contributed by atoms with Gasteiger partial charge in [0.25, 0.3) is 0 Å². The lowest BCUT2D eigenvalue weighted by Crippen LogP contribution is -2.01. The van der Waals surface area contributed by atoms with Crippen LogP contribution in [0.15, 0.2) is 28.7 Å².